The van der Waals surface area contributed by atoms with Crippen LogP contribution in [-0.4, -0.2) is 11.9 Å². The van der Waals surface area contributed by atoms with Crippen LogP contribution in [0.4, 0.5) is 0 Å². The number of amides is 1. The first-order chi connectivity index (χ1) is 9.02. The van der Waals surface area contributed by atoms with Gasteiger partial charge < -0.3 is 5.32 Å². The minimum absolute atomic E-state index is 0.0117. The fourth-order valence-corrected chi connectivity index (χ4v) is 3.07. The number of carbonyl (C=O) groups is 1. The Morgan fingerprint density at radius 3 is 2.47 bits per heavy atom. The Kier molecular flexibility index (Phi) is 3.90. The van der Waals surface area contributed by atoms with E-state index in [-0.39, 0.29) is 17.9 Å². The average molecular weight is 256 g/mol. The van der Waals surface area contributed by atoms with Gasteiger partial charge in [-0.15, -0.1) is 0 Å². The van der Waals surface area contributed by atoms with E-state index >= 15 is 0 Å². The molecule has 1 amide bonds. The van der Waals surface area contributed by atoms with Crippen molar-refractivity contribution >= 4 is 5.91 Å². The van der Waals surface area contributed by atoms with Crippen LogP contribution in [0.5, 0.6) is 0 Å². The molecular formula is C16H20N2O. The van der Waals surface area contributed by atoms with Crippen LogP contribution in [0.25, 0.3) is 0 Å². The van der Waals surface area contributed by atoms with Crippen LogP contribution < -0.4 is 5.32 Å². The van der Waals surface area contributed by atoms with E-state index in [1.165, 1.54) is 5.56 Å². The van der Waals surface area contributed by atoms with E-state index in [0.717, 1.165) is 36.0 Å². The number of carbonyl (C=O) groups excluding carboxylic acids is 1. The molecule has 2 atom stereocenters. The standard InChI is InChI=1S/C16H20N2O/c1-10-7-11(2)15(12(3)8-10)16(19)18-14-6-4-5-13(14)9-17/h7-8,13-14H,4-6H2,1-3H3,(H,18,19). The van der Waals surface area contributed by atoms with E-state index < -0.39 is 0 Å². The van der Waals surface area contributed by atoms with Crippen LogP contribution in [0.2, 0.25) is 0 Å². The molecule has 1 aliphatic rings. The molecule has 1 fully saturated rings. The van der Waals surface area contributed by atoms with Crippen LogP contribution in [0.15, 0.2) is 12.1 Å². The van der Waals surface area contributed by atoms with Gasteiger partial charge in [0, 0.05) is 11.6 Å². The zero-order valence-electron chi connectivity index (χ0n) is 11.8. The third-order valence-electron chi connectivity index (χ3n) is 3.90. The van der Waals surface area contributed by atoms with Crippen molar-refractivity contribution in [3.8, 4) is 6.07 Å². The third-order valence-corrected chi connectivity index (χ3v) is 3.90. The molecule has 1 N–H and O–H groups in total. The summed E-state index contributed by atoms with van der Waals surface area (Å²) < 4.78 is 0. The summed E-state index contributed by atoms with van der Waals surface area (Å²) in [6.07, 6.45) is 2.83. The zero-order valence-corrected chi connectivity index (χ0v) is 11.8. The second kappa shape index (κ2) is 5.44. The van der Waals surface area contributed by atoms with Crippen molar-refractivity contribution in [3.05, 3.63) is 34.4 Å². The molecule has 19 heavy (non-hydrogen) atoms. The molecule has 3 nitrogen and oxygen atoms in total. The van der Waals surface area contributed by atoms with Crippen LogP contribution in [0.3, 0.4) is 0 Å². The summed E-state index contributed by atoms with van der Waals surface area (Å²) in [6, 6.07) is 6.36. The largest absolute Gasteiger partial charge is 0.348 e. The Labute approximate surface area is 114 Å². The van der Waals surface area contributed by atoms with Gasteiger partial charge in [0.25, 0.3) is 5.91 Å². The topological polar surface area (TPSA) is 52.9 Å². The summed E-state index contributed by atoms with van der Waals surface area (Å²) in [5.41, 5.74) is 3.93. The van der Waals surface area contributed by atoms with E-state index in [1.54, 1.807) is 0 Å². The molecule has 0 radical (unpaired) electrons. The summed E-state index contributed by atoms with van der Waals surface area (Å²) in [4.78, 5) is 12.4. The first-order valence-electron chi connectivity index (χ1n) is 6.81. The number of nitrogens with one attached hydrogen (secondary N) is 1. The molecule has 1 aromatic rings. The van der Waals surface area contributed by atoms with Crippen molar-refractivity contribution in [2.45, 2.75) is 46.1 Å². The van der Waals surface area contributed by atoms with Gasteiger partial charge >= 0.3 is 0 Å². The first kappa shape index (κ1) is 13.6. The fraction of sp³-hybridized carbons (Fsp3) is 0.500. The molecule has 100 valence electrons. The number of hydrogen-bond donors (Lipinski definition) is 1. The smallest absolute Gasteiger partial charge is 0.252 e. The van der Waals surface area contributed by atoms with Crippen molar-refractivity contribution in [1.29, 1.82) is 5.26 Å². The molecule has 0 saturated heterocycles. The van der Waals surface area contributed by atoms with Gasteiger partial charge in [0.15, 0.2) is 0 Å². The Balaban J connectivity index is 2.19. The third kappa shape index (κ3) is 2.78. The zero-order chi connectivity index (χ0) is 14.0. The number of benzene rings is 1. The van der Waals surface area contributed by atoms with Gasteiger partial charge in [-0.3, -0.25) is 4.79 Å². The number of hydrogen-bond acceptors (Lipinski definition) is 2. The van der Waals surface area contributed by atoms with Crippen molar-refractivity contribution < 1.29 is 4.79 Å². The van der Waals surface area contributed by atoms with Gasteiger partial charge in [0.05, 0.1) is 12.0 Å². The monoisotopic (exact) mass is 256 g/mol. The Morgan fingerprint density at radius 2 is 1.89 bits per heavy atom. The lowest BCUT2D eigenvalue weighted by molar-refractivity contribution is 0.0931. The lowest BCUT2D eigenvalue weighted by Crippen LogP contribution is -2.37. The summed E-state index contributed by atoms with van der Waals surface area (Å²) in [5, 5.41) is 12.1. The summed E-state index contributed by atoms with van der Waals surface area (Å²) in [5.74, 6) is -0.0721. The van der Waals surface area contributed by atoms with Crippen molar-refractivity contribution in [3.63, 3.8) is 0 Å². The molecular weight excluding hydrogens is 236 g/mol. The van der Waals surface area contributed by atoms with E-state index in [2.05, 4.69) is 11.4 Å². The Bertz CT molecular complexity index is 519. The van der Waals surface area contributed by atoms with Crippen LogP contribution in [-0.2, 0) is 0 Å². The minimum atomic E-state index is -0.0397. The fourth-order valence-electron chi connectivity index (χ4n) is 3.07. The molecule has 2 rings (SSSR count). The molecule has 0 spiro atoms. The number of aryl methyl sites for hydroxylation is 3. The van der Waals surface area contributed by atoms with Gasteiger partial charge in [-0.2, -0.15) is 5.26 Å². The van der Waals surface area contributed by atoms with Crippen LogP contribution >= 0.6 is 0 Å². The van der Waals surface area contributed by atoms with E-state index in [9.17, 15) is 4.79 Å². The quantitative estimate of drug-likeness (QED) is 0.884. The highest BCUT2D eigenvalue weighted by molar-refractivity contribution is 5.97. The maximum Gasteiger partial charge on any atom is 0.252 e. The van der Waals surface area contributed by atoms with Crippen LogP contribution in [0, 0.1) is 38.0 Å². The van der Waals surface area contributed by atoms with Gasteiger partial charge in [-0.1, -0.05) is 17.7 Å². The van der Waals surface area contributed by atoms with E-state index in [0.29, 0.717) is 0 Å². The van der Waals surface area contributed by atoms with E-state index in [4.69, 9.17) is 5.26 Å². The second-order valence-electron chi connectivity index (χ2n) is 5.52. The average Bonchev–Trinajstić information content (AvgIpc) is 2.74. The summed E-state index contributed by atoms with van der Waals surface area (Å²) in [7, 11) is 0. The Hall–Kier alpha value is -1.82. The normalized spacial score (nSPS) is 22.0. The van der Waals surface area contributed by atoms with Crippen molar-refractivity contribution in [1.82, 2.24) is 5.32 Å². The number of rotatable bonds is 2. The molecule has 0 aromatic heterocycles. The lowest BCUT2D eigenvalue weighted by atomic mass is 9.98. The van der Waals surface area contributed by atoms with E-state index in [1.807, 2.05) is 32.9 Å². The molecule has 3 heteroatoms. The first-order valence-corrected chi connectivity index (χ1v) is 6.81. The molecule has 1 saturated carbocycles. The summed E-state index contributed by atoms with van der Waals surface area (Å²) >= 11 is 0. The Morgan fingerprint density at radius 1 is 1.26 bits per heavy atom. The van der Waals surface area contributed by atoms with Gasteiger partial charge in [-0.25, -0.2) is 0 Å². The molecule has 0 bridgehead atoms. The van der Waals surface area contributed by atoms with Gasteiger partial charge in [-0.05, 0) is 51.2 Å². The molecule has 0 aliphatic heterocycles. The lowest BCUT2D eigenvalue weighted by Gasteiger charge is -2.18. The maximum atomic E-state index is 12.4. The highest BCUT2D eigenvalue weighted by Crippen LogP contribution is 2.25. The molecule has 2 unspecified atom stereocenters. The minimum Gasteiger partial charge on any atom is -0.348 e. The van der Waals surface area contributed by atoms with Crippen LogP contribution in [0.1, 0.15) is 46.3 Å². The molecule has 0 heterocycles. The predicted octanol–water partition coefficient (Wildman–Crippen LogP) is 3.03. The highest BCUT2D eigenvalue weighted by Gasteiger charge is 2.29. The predicted molar refractivity (Wildman–Crippen MR) is 74.9 cm³/mol. The van der Waals surface area contributed by atoms with Gasteiger partial charge in [0.1, 0.15) is 0 Å². The van der Waals surface area contributed by atoms with Gasteiger partial charge in [0.2, 0.25) is 0 Å². The maximum absolute atomic E-state index is 12.4. The molecule has 1 aromatic carbocycles. The highest BCUT2D eigenvalue weighted by atomic mass is 16.1. The SMILES string of the molecule is Cc1cc(C)c(C(=O)NC2CCCC2C#N)c(C)c1. The number of nitrogens with zero attached hydrogens (tertiary/aromatic N) is 1. The van der Waals surface area contributed by atoms with Crippen molar-refractivity contribution in [2.24, 2.45) is 5.92 Å². The summed E-state index contributed by atoms with van der Waals surface area (Å²) in [6.45, 7) is 5.96. The van der Waals surface area contributed by atoms with Crippen molar-refractivity contribution in [2.75, 3.05) is 0 Å². The number of nitriles is 1. The molecule has 1 aliphatic carbocycles. The second-order valence-corrected chi connectivity index (χ2v) is 5.52.